The van der Waals surface area contributed by atoms with Gasteiger partial charge < -0.3 is 5.11 Å². The van der Waals surface area contributed by atoms with Crippen LogP contribution in [0.2, 0.25) is 0 Å². The zero-order chi connectivity index (χ0) is 17.4. The van der Waals surface area contributed by atoms with Crippen molar-refractivity contribution in [3.63, 3.8) is 0 Å². The van der Waals surface area contributed by atoms with E-state index in [1.807, 2.05) is 12.3 Å². The first-order valence-corrected chi connectivity index (χ1v) is 9.63. The third-order valence-electron chi connectivity index (χ3n) is 6.22. The first kappa shape index (κ1) is 16.7. The number of pyridine rings is 1. The van der Waals surface area contributed by atoms with Crippen LogP contribution >= 0.6 is 0 Å². The van der Waals surface area contributed by atoms with Crippen molar-refractivity contribution >= 4 is 10.9 Å². The molecular formula is C22H28N2O. The van der Waals surface area contributed by atoms with Crippen LogP contribution in [0.25, 0.3) is 10.9 Å². The van der Waals surface area contributed by atoms with E-state index >= 15 is 0 Å². The molecule has 3 nitrogen and oxygen atoms in total. The minimum Gasteiger partial charge on any atom is -0.387 e. The first-order chi connectivity index (χ1) is 12.2. The minimum atomic E-state index is -0.448. The van der Waals surface area contributed by atoms with Gasteiger partial charge in [0.25, 0.3) is 0 Å². The van der Waals surface area contributed by atoms with Crippen molar-refractivity contribution in [3.8, 4) is 0 Å². The van der Waals surface area contributed by atoms with Crippen LogP contribution in [-0.4, -0.2) is 34.1 Å². The molecule has 0 saturated carbocycles. The molecule has 3 aliphatic heterocycles. The quantitative estimate of drug-likeness (QED) is 0.835. The second kappa shape index (κ2) is 6.89. The number of aryl methyl sites for hydroxylation is 1. The van der Waals surface area contributed by atoms with Crippen LogP contribution in [0.3, 0.4) is 0 Å². The molecule has 3 aliphatic rings. The van der Waals surface area contributed by atoms with Gasteiger partial charge in [-0.25, -0.2) is 0 Å². The molecule has 2 bridgehead atoms. The second-order valence-corrected chi connectivity index (χ2v) is 7.69. The van der Waals surface area contributed by atoms with Crippen molar-refractivity contribution in [3.05, 3.63) is 54.2 Å². The predicted octanol–water partition coefficient (Wildman–Crippen LogP) is 4.12. The van der Waals surface area contributed by atoms with Gasteiger partial charge in [0.2, 0.25) is 0 Å². The molecule has 0 spiro atoms. The standard InChI is InChI=1S/C22H28N2O/c1-3-5-15-6-7-20-19(12-15)18(8-10-23-20)22(25)21-13-17-9-11-24(21)14-16(17)4-2/h4,6-8,10,12,16-17,21-22,25H,2-3,5,9,11,13-14H2,1H3/t16?,17?,21-,22-/m0/s1. The van der Waals surface area contributed by atoms with Crippen molar-refractivity contribution < 1.29 is 5.11 Å². The predicted molar refractivity (Wildman–Crippen MR) is 102 cm³/mol. The number of piperidine rings is 3. The molecule has 2 aromatic rings. The smallest absolute Gasteiger partial charge is 0.0952 e. The number of hydrogen-bond donors (Lipinski definition) is 1. The maximum absolute atomic E-state index is 11.2. The lowest BCUT2D eigenvalue weighted by Crippen LogP contribution is -2.54. The summed E-state index contributed by atoms with van der Waals surface area (Å²) in [6.45, 7) is 8.34. The second-order valence-electron chi connectivity index (χ2n) is 7.69. The number of fused-ring (bicyclic) bond motifs is 4. The van der Waals surface area contributed by atoms with E-state index < -0.39 is 6.10 Å². The van der Waals surface area contributed by atoms with Gasteiger partial charge >= 0.3 is 0 Å². The summed E-state index contributed by atoms with van der Waals surface area (Å²) in [6, 6.07) is 8.72. The highest BCUT2D eigenvalue weighted by molar-refractivity contribution is 5.83. The molecule has 3 fully saturated rings. The summed E-state index contributed by atoms with van der Waals surface area (Å²) in [7, 11) is 0. The van der Waals surface area contributed by atoms with Crippen LogP contribution in [0.15, 0.2) is 43.1 Å². The summed E-state index contributed by atoms with van der Waals surface area (Å²) in [5.41, 5.74) is 3.35. The maximum atomic E-state index is 11.2. The van der Waals surface area contributed by atoms with E-state index in [1.54, 1.807) is 0 Å². The molecule has 3 unspecified atom stereocenters. The molecule has 0 aliphatic carbocycles. The molecule has 1 N–H and O–H groups in total. The number of nitrogens with zero attached hydrogens (tertiary/aromatic N) is 2. The van der Waals surface area contributed by atoms with E-state index in [0.29, 0.717) is 11.8 Å². The average Bonchev–Trinajstić information content (AvgIpc) is 2.67. The summed E-state index contributed by atoms with van der Waals surface area (Å²) in [4.78, 5) is 6.98. The molecule has 3 heteroatoms. The highest BCUT2D eigenvalue weighted by Crippen LogP contribution is 2.42. The van der Waals surface area contributed by atoms with Gasteiger partial charge in [0, 0.05) is 24.2 Å². The highest BCUT2D eigenvalue weighted by atomic mass is 16.3. The number of benzene rings is 1. The fourth-order valence-electron chi connectivity index (χ4n) is 4.83. The van der Waals surface area contributed by atoms with Crippen LogP contribution in [0, 0.1) is 11.8 Å². The summed E-state index contributed by atoms with van der Waals surface area (Å²) >= 11 is 0. The van der Waals surface area contributed by atoms with Crippen LogP contribution in [-0.2, 0) is 6.42 Å². The van der Waals surface area contributed by atoms with E-state index in [1.165, 1.54) is 12.0 Å². The van der Waals surface area contributed by atoms with E-state index in [-0.39, 0.29) is 6.04 Å². The largest absolute Gasteiger partial charge is 0.387 e. The Balaban J connectivity index is 1.67. The maximum Gasteiger partial charge on any atom is 0.0952 e. The van der Waals surface area contributed by atoms with Crippen molar-refractivity contribution in [2.75, 3.05) is 13.1 Å². The van der Waals surface area contributed by atoms with Crippen molar-refractivity contribution in [2.45, 2.75) is 44.8 Å². The number of aromatic nitrogens is 1. The van der Waals surface area contributed by atoms with Crippen molar-refractivity contribution in [2.24, 2.45) is 11.8 Å². The van der Waals surface area contributed by atoms with Gasteiger partial charge in [0.15, 0.2) is 0 Å². The van der Waals surface area contributed by atoms with Gasteiger partial charge in [-0.05, 0) is 67.0 Å². The fraction of sp³-hybridized carbons (Fsp3) is 0.500. The van der Waals surface area contributed by atoms with Gasteiger partial charge in [-0.15, -0.1) is 6.58 Å². The monoisotopic (exact) mass is 336 g/mol. The molecule has 4 heterocycles. The van der Waals surface area contributed by atoms with E-state index in [4.69, 9.17) is 0 Å². The van der Waals surface area contributed by atoms with Gasteiger partial charge in [0.1, 0.15) is 0 Å². The summed E-state index contributed by atoms with van der Waals surface area (Å²) in [6.07, 6.45) is 8.00. The number of aliphatic hydroxyl groups is 1. The molecule has 132 valence electrons. The summed E-state index contributed by atoms with van der Waals surface area (Å²) in [5.74, 6) is 1.26. The molecular weight excluding hydrogens is 308 g/mol. The average molecular weight is 336 g/mol. The molecule has 5 atom stereocenters. The SMILES string of the molecule is C=CC1CN2CCC1C[C@H]2[C@@H](O)c1ccnc2ccc(CCC)cc12. The molecule has 5 rings (SSSR count). The molecule has 0 amide bonds. The van der Waals surface area contributed by atoms with Gasteiger partial charge in [-0.2, -0.15) is 0 Å². The van der Waals surface area contributed by atoms with E-state index in [2.05, 4.69) is 47.7 Å². The zero-order valence-electron chi connectivity index (χ0n) is 15.1. The number of aliphatic hydroxyl groups excluding tert-OH is 1. The molecule has 25 heavy (non-hydrogen) atoms. The van der Waals surface area contributed by atoms with E-state index in [0.717, 1.165) is 48.8 Å². The Labute approximate surface area is 150 Å². The molecule has 0 radical (unpaired) electrons. The third kappa shape index (κ3) is 3.00. The number of rotatable bonds is 5. The minimum absolute atomic E-state index is 0.218. The first-order valence-electron chi connectivity index (χ1n) is 9.63. The topological polar surface area (TPSA) is 36.4 Å². The lowest BCUT2D eigenvalue weighted by molar-refractivity contribution is -0.0444. The number of hydrogen-bond acceptors (Lipinski definition) is 3. The fourth-order valence-corrected chi connectivity index (χ4v) is 4.83. The Hall–Kier alpha value is -1.71. The Bertz CT molecular complexity index is 772. The summed E-state index contributed by atoms with van der Waals surface area (Å²) < 4.78 is 0. The lowest BCUT2D eigenvalue weighted by Gasteiger charge is -2.50. The van der Waals surface area contributed by atoms with Crippen LogP contribution < -0.4 is 0 Å². The third-order valence-corrected chi connectivity index (χ3v) is 6.22. The van der Waals surface area contributed by atoms with Crippen LogP contribution in [0.1, 0.15) is 43.4 Å². The zero-order valence-corrected chi connectivity index (χ0v) is 15.1. The molecule has 1 aromatic heterocycles. The van der Waals surface area contributed by atoms with Gasteiger partial charge in [-0.3, -0.25) is 9.88 Å². The Kier molecular flexibility index (Phi) is 4.61. The van der Waals surface area contributed by atoms with Gasteiger partial charge in [-0.1, -0.05) is 25.5 Å². The Morgan fingerprint density at radius 1 is 1.40 bits per heavy atom. The van der Waals surface area contributed by atoms with Crippen molar-refractivity contribution in [1.82, 2.24) is 9.88 Å². The summed E-state index contributed by atoms with van der Waals surface area (Å²) in [5, 5.41) is 12.4. The Morgan fingerprint density at radius 3 is 3.00 bits per heavy atom. The molecule has 1 aromatic carbocycles. The normalized spacial score (nSPS) is 29.7. The van der Waals surface area contributed by atoms with Crippen LogP contribution in [0.5, 0.6) is 0 Å². The van der Waals surface area contributed by atoms with Crippen LogP contribution in [0.4, 0.5) is 0 Å². The van der Waals surface area contributed by atoms with Gasteiger partial charge in [0.05, 0.1) is 11.6 Å². The Morgan fingerprint density at radius 2 is 2.28 bits per heavy atom. The van der Waals surface area contributed by atoms with E-state index in [9.17, 15) is 5.11 Å². The molecule has 3 saturated heterocycles. The lowest BCUT2D eigenvalue weighted by atomic mass is 9.73. The highest BCUT2D eigenvalue weighted by Gasteiger charge is 2.42. The van der Waals surface area contributed by atoms with Crippen molar-refractivity contribution in [1.29, 1.82) is 0 Å².